The van der Waals surface area contributed by atoms with Crippen LogP contribution in [0, 0.1) is 0 Å². The largest absolute Gasteiger partial charge is 0.541 e. The van der Waals surface area contributed by atoms with Crippen LogP contribution in [0.1, 0.15) is 31.9 Å². The Hall–Kier alpha value is -2.68. The predicted molar refractivity (Wildman–Crippen MR) is 124 cm³/mol. The van der Waals surface area contributed by atoms with Crippen LogP contribution < -0.4 is 9.16 Å². The highest BCUT2D eigenvalue weighted by Gasteiger charge is 2.42. The van der Waals surface area contributed by atoms with Crippen LogP contribution in [0.5, 0.6) is 17.2 Å². The van der Waals surface area contributed by atoms with Crippen molar-refractivity contribution in [1.82, 2.24) is 4.90 Å². The maximum Gasteiger partial charge on any atom is 0.471 e. The highest BCUT2D eigenvalue weighted by molar-refractivity contribution is 6.74. The minimum Gasteiger partial charge on any atom is -0.541 e. The summed E-state index contributed by atoms with van der Waals surface area (Å²) in [5.41, 5.74) is 1.22. The summed E-state index contributed by atoms with van der Waals surface area (Å²) >= 11 is 0. The number of halogens is 3. The summed E-state index contributed by atoms with van der Waals surface area (Å²) < 4.78 is 51.5. The van der Waals surface area contributed by atoms with E-state index in [1.54, 1.807) is 30.3 Å². The van der Waals surface area contributed by atoms with Gasteiger partial charge in [0.2, 0.25) is 0 Å². The maximum absolute atomic E-state index is 13.3. The zero-order valence-corrected chi connectivity index (χ0v) is 20.9. The number of aromatic hydroxyl groups is 1. The van der Waals surface area contributed by atoms with Crippen molar-refractivity contribution in [3.63, 3.8) is 0 Å². The molecule has 0 spiro atoms. The van der Waals surface area contributed by atoms with Gasteiger partial charge in [-0.15, -0.1) is 0 Å². The van der Waals surface area contributed by atoms with E-state index in [4.69, 9.17) is 9.16 Å². The fourth-order valence-electron chi connectivity index (χ4n) is 2.91. The molecule has 0 bridgehead atoms. The van der Waals surface area contributed by atoms with Crippen molar-refractivity contribution in [2.24, 2.45) is 0 Å². The Morgan fingerprint density at radius 2 is 1.58 bits per heavy atom. The van der Waals surface area contributed by atoms with Gasteiger partial charge in [-0.2, -0.15) is 13.2 Å². The third-order valence-electron chi connectivity index (χ3n) is 5.91. The molecule has 5 nitrogen and oxygen atoms in total. The number of phenolic OH excluding ortho intramolecular Hbond substituents is 1. The van der Waals surface area contributed by atoms with E-state index >= 15 is 0 Å². The molecule has 0 heterocycles. The van der Waals surface area contributed by atoms with E-state index in [9.17, 15) is 23.1 Å². The van der Waals surface area contributed by atoms with Crippen LogP contribution in [0.2, 0.25) is 18.1 Å². The number of carbonyl (C=O) groups excluding carboxylic acids is 1. The number of methoxy groups -OCH3 is 1. The molecule has 9 heteroatoms. The predicted octanol–water partition coefficient (Wildman–Crippen LogP) is 5.92. The molecule has 0 unspecified atom stereocenters. The maximum atomic E-state index is 13.3. The lowest BCUT2D eigenvalue weighted by Crippen LogP contribution is -2.44. The van der Waals surface area contributed by atoms with E-state index in [2.05, 4.69) is 33.9 Å². The van der Waals surface area contributed by atoms with Crippen molar-refractivity contribution in [3.05, 3.63) is 53.6 Å². The first kappa shape index (κ1) is 26.6. The summed E-state index contributed by atoms with van der Waals surface area (Å²) in [5.74, 6) is -0.890. The summed E-state index contributed by atoms with van der Waals surface area (Å²) in [5, 5.41) is 9.30. The highest BCUT2D eigenvalue weighted by atomic mass is 28.4. The lowest BCUT2D eigenvalue weighted by Gasteiger charge is -2.37. The fourth-order valence-corrected chi connectivity index (χ4v) is 3.92. The number of hydrogen-bond acceptors (Lipinski definition) is 4. The van der Waals surface area contributed by atoms with Gasteiger partial charge < -0.3 is 19.2 Å². The van der Waals surface area contributed by atoms with Crippen LogP contribution in [0.4, 0.5) is 13.2 Å². The van der Waals surface area contributed by atoms with Crippen molar-refractivity contribution in [3.8, 4) is 17.2 Å². The summed E-state index contributed by atoms with van der Waals surface area (Å²) in [6, 6.07) is 11.1. The molecule has 2 aromatic carbocycles. The molecule has 0 aliphatic rings. The van der Waals surface area contributed by atoms with Crippen molar-refractivity contribution < 1.29 is 32.2 Å². The first-order valence-corrected chi connectivity index (χ1v) is 13.5. The highest BCUT2D eigenvalue weighted by Crippen LogP contribution is 2.40. The van der Waals surface area contributed by atoms with E-state index in [-0.39, 0.29) is 30.3 Å². The summed E-state index contributed by atoms with van der Waals surface area (Å²) in [7, 11) is -0.728. The van der Waals surface area contributed by atoms with Gasteiger partial charge in [0, 0.05) is 13.1 Å². The van der Waals surface area contributed by atoms with Crippen LogP contribution in [0.25, 0.3) is 0 Å². The standard InChI is InChI=1S/C24H32F3NO4Si/c1-23(2,3)33(5,6)32-21-15-18(9-12-20(21)31-4)16-28(22(30)24(25,26)27)14-13-17-7-10-19(29)11-8-17/h7-12,15,29H,13-14,16H2,1-6H3. The first-order valence-electron chi connectivity index (χ1n) is 10.6. The molecule has 0 saturated carbocycles. The minimum absolute atomic E-state index is 0.0643. The number of alkyl halides is 3. The second-order valence-corrected chi connectivity index (χ2v) is 14.2. The van der Waals surface area contributed by atoms with Crippen LogP contribution in [0.3, 0.4) is 0 Å². The smallest absolute Gasteiger partial charge is 0.471 e. The van der Waals surface area contributed by atoms with Crippen molar-refractivity contribution in [1.29, 1.82) is 0 Å². The third kappa shape index (κ3) is 7.15. The number of ether oxygens (including phenoxy) is 1. The molecular weight excluding hydrogens is 451 g/mol. The molecule has 182 valence electrons. The van der Waals surface area contributed by atoms with Gasteiger partial charge in [-0.3, -0.25) is 4.79 Å². The average molecular weight is 484 g/mol. The third-order valence-corrected chi connectivity index (χ3v) is 10.3. The van der Waals surface area contributed by atoms with E-state index in [1.165, 1.54) is 19.2 Å². The lowest BCUT2D eigenvalue weighted by molar-refractivity contribution is -0.186. The second kappa shape index (κ2) is 10.1. The van der Waals surface area contributed by atoms with Gasteiger partial charge in [-0.1, -0.05) is 39.0 Å². The number of rotatable bonds is 8. The molecule has 1 N–H and O–H groups in total. The van der Waals surface area contributed by atoms with Crippen molar-refractivity contribution in [2.75, 3.05) is 13.7 Å². The number of nitrogens with zero attached hydrogens (tertiary/aromatic N) is 1. The van der Waals surface area contributed by atoms with E-state index in [1.807, 2.05) is 0 Å². The molecule has 0 aliphatic heterocycles. The normalized spacial score (nSPS) is 12.4. The van der Waals surface area contributed by atoms with Gasteiger partial charge in [0.05, 0.1) is 7.11 Å². The molecule has 0 aliphatic carbocycles. The summed E-state index contributed by atoms with van der Waals surface area (Å²) in [4.78, 5) is 12.9. The molecule has 33 heavy (non-hydrogen) atoms. The molecule has 0 saturated heterocycles. The molecule has 2 rings (SSSR count). The molecule has 0 atom stereocenters. The van der Waals surface area contributed by atoms with E-state index in [0.29, 0.717) is 22.6 Å². The number of hydrogen-bond donors (Lipinski definition) is 1. The quantitative estimate of drug-likeness (QED) is 0.474. The SMILES string of the molecule is COc1ccc(CN(CCc2ccc(O)cc2)C(=O)C(F)(F)F)cc1O[Si](C)(C)C(C)(C)C. The Labute approximate surface area is 194 Å². The Morgan fingerprint density at radius 1 is 1.00 bits per heavy atom. The van der Waals surface area contributed by atoms with Crippen LogP contribution in [-0.4, -0.2) is 44.1 Å². The van der Waals surface area contributed by atoms with E-state index < -0.39 is 20.4 Å². The second-order valence-electron chi connectivity index (χ2n) is 9.49. The molecule has 0 radical (unpaired) electrons. The average Bonchev–Trinajstić information content (AvgIpc) is 2.70. The van der Waals surface area contributed by atoms with Crippen molar-refractivity contribution >= 4 is 14.2 Å². The number of carbonyl (C=O) groups is 1. The van der Waals surface area contributed by atoms with Gasteiger partial charge in [-0.05, 0) is 59.9 Å². The van der Waals surface area contributed by atoms with Gasteiger partial charge in [0.15, 0.2) is 5.75 Å². The first-order chi connectivity index (χ1) is 15.1. The van der Waals surface area contributed by atoms with Gasteiger partial charge in [0.25, 0.3) is 8.32 Å². The Morgan fingerprint density at radius 3 is 2.09 bits per heavy atom. The Bertz CT molecular complexity index is 954. The van der Waals surface area contributed by atoms with Gasteiger partial charge >= 0.3 is 12.1 Å². The van der Waals surface area contributed by atoms with Crippen LogP contribution >= 0.6 is 0 Å². The summed E-state index contributed by atoms with van der Waals surface area (Å²) in [6.45, 7) is 10.0. The van der Waals surface area contributed by atoms with Crippen molar-refractivity contribution in [2.45, 2.75) is 58.0 Å². The van der Waals surface area contributed by atoms with Gasteiger partial charge in [-0.25, -0.2) is 0 Å². The monoisotopic (exact) mass is 483 g/mol. The Balaban J connectivity index is 2.30. The van der Waals surface area contributed by atoms with E-state index in [0.717, 1.165) is 4.90 Å². The molecular formula is C24H32F3NO4Si. The molecule has 0 aromatic heterocycles. The number of phenols is 1. The number of benzene rings is 2. The molecule has 2 aromatic rings. The lowest BCUT2D eigenvalue weighted by atomic mass is 10.1. The molecule has 0 fully saturated rings. The van der Waals surface area contributed by atoms with Gasteiger partial charge in [0.1, 0.15) is 11.5 Å². The zero-order valence-electron chi connectivity index (χ0n) is 19.9. The Kier molecular flexibility index (Phi) is 8.11. The van der Waals surface area contributed by atoms with Crippen LogP contribution in [-0.2, 0) is 17.8 Å². The molecule has 1 amide bonds. The van der Waals surface area contributed by atoms with Crippen LogP contribution in [0.15, 0.2) is 42.5 Å². The fraction of sp³-hybridized carbons (Fsp3) is 0.458. The minimum atomic E-state index is -4.98. The number of amides is 1. The summed E-state index contributed by atoms with van der Waals surface area (Å²) in [6.07, 6.45) is -4.77. The zero-order chi connectivity index (χ0) is 25.0. The topological polar surface area (TPSA) is 59.0 Å².